The van der Waals surface area contributed by atoms with Crippen molar-refractivity contribution in [3.05, 3.63) is 30.1 Å². The molecule has 1 aromatic carbocycles. The number of benzene rings is 1. The number of nitrogens with zero attached hydrogens (tertiary/aromatic N) is 3. The number of fused-ring (bicyclic) bond motifs is 1. The molecule has 0 aliphatic carbocycles. The van der Waals surface area contributed by atoms with Crippen LogP contribution in [0.15, 0.2) is 24.3 Å². The normalized spacial score (nSPS) is 16.9. The fourth-order valence-corrected chi connectivity index (χ4v) is 2.68. The summed E-state index contributed by atoms with van der Waals surface area (Å²) in [5, 5.41) is 0. The molecule has 1 saturated heterocycles. The van der Waals surface area contributed by atoms with E-state index in [1.807, 2.05) is 6.07 Å². The van der Waals surface area contributed by atoms with Crippen LogP contribution in [0.25, 0.3) is 11.0 Å². The van der Waals surface area contributed by atoms with Gasteiger partial charge in [0.2, 0.25) is 0 Å². The van der Waals surface area contributed by atoms with Crippen molar-refractivity contribution in [2.45, 2.75) is 13.2 Å². The smallest absolute Gasteiger partial charge is 0.136 e. The summed E-state index contributed by atoms with van der Waals surface area (Å²) in [5.41, 5.74) is 2.23. The van der Waals surface area contributed by atoms with Crippen molar-refractivity contribution in [3.63, 3.8) is 0 Å². The van der Waals surface area contributed by atoms with Crippen LogP contribution >= 0.6 is 0 Å². The maximum atomic E-state index is 5.39. The molecule has 5 heteroatoms. The predicted molar refractivity (Wildman–Crippen MR) is 77.7 cm³/mol. The number of para-hydroxylation sites is 2. The van der Waals surface area contributed by atoms with Gasteiger partial charge in [0.25, 0.3) is 0 Å². The Hall–Kier alpha value is -1.43. The molecule has 1 aliphatic rings. The van der Waals surface area contributed by atoms with Crippen molar-refractivity contribution in [2.75, 3.05) is 40.0 Å². The first kappa shape index (κ1) is 13.5. The van der Waals surface area contributed by atoms with E-state index in [4.69, 9.17) is 9.47 Å². The Labute approximate surface area is 119 Å². The minimum absolute atomic E-state index is 0.553. The van der Waals surface area contributed by atoms with Gasteiger partial charge < -0.3 is 14.0 Å². The molecule has 3 rings (SSSR count). The quantitative estimate of drug-likeness (QED) is 0.829. The Morgan fingerprint density at radius 1 is 1.20 bits per heavy atom. The van der Waals surface area contributed by atoms with E-state index >= 15 is 0 Å². The molecule has 0 N–H and O–H groups in total. The van der Waals surface area contributed by atoms with E-state index in [0.717, 1.165) is 50.7 Å². The number of morpholine rings is 1. The molecule has 2 heterocycles. The van der Waals surface area contributed by atoms with E-state index in [2.05, 4.69) is 32.7 Å². The number of aromatic nitrogens is 2. The lowest BCUT2D eigenvalue weighted by Crippen LogP contribution is -2.38. The third-order valence-corrected chi connectivity index (χ3v) is 3.75. The maximum Gasteiger partial charge on any atom is 0.136 e. The SMILES string of the molecule is COCc1nc2ccccc2n1CCN1CCOCC1. The van der Waals surface area contributed by atoms with E-state index in [0.29, 0.717) is 6.61 Å². The van der Waals surface area contributed by atoms with Gasteiger partial charge in [-0.25, -0.2) is 4.98 Å². The molecule has 0 spiro atoms. The fourth-order valence-electron chi connectivity index (χ4n) is 2.68. The predicted octanol–water partition coefficient (Wildman–Crippen LogP) is 1.51. The van der Waals surface area contributed by atoms with Crippen LogP contribution in [0.2, 0.25) is 0 Å². The van der Waals surface area contributed by atoms with Crippen LogP contribution in [0.5, 0.6) is 0 Å². The molecule has 1 aromatic heterocycles. The van der Waals surface area contributed by atoms with Gasteiger partial charge in [0.1, 0.15) is 12.4 Å². The van der Waals surface area contributed by atoms with Crippen LogP contribution in [0.3, 0.4) is 0 Å². The van der Waals surface area contributed by atoms with Crippen molar-refractivity contribution < 1.29 is 9.47 Å². The largest absolute Gasteiger partial charge is 0.379 e. The van der Waals surface area contributed by atoms with Crippen LogP contribution < -0.4 is 0 Å². The molecule has 1 fully saturated rings. The topological polar surface area (TPSA) is 39.5 Å². The molecule has 0 atom stereocenters. The summed E-state index contributed by atoms with van der Waals surface area (Å²) >= 11 is 0. The number of ether oxygens (including phenoxy) is 2. The molecular formula is C15H21N3O2. The first-order chi connectivity index (χ1) is 9.88. The van der Waals surface area contributed by atoms with Crippen molar-refractivity contribution in [1.82, 2.24) is 14.5 Å². The van der Waals surface area contributed by atoms with E-state index < -0.39 is 0 Å². The zero-order chi connectivity index (χ0) is 13.8. The van der Waals surface area contributed by atoms with Gasteiger partial charge >= 0.3 is 0 Å². The number of rotatable bonds is 5. The summed E-state index contributed by atoms with van der Waals surface area (Å²) in [4.78, 5) is 7.10. The lowest BCUT2D eigenvalue weighted by atomic mass is 10.3. The molecule has 0 saturated carbocycles. The minimum Gasteiger partial charge on any atom is -0.379 e. The van der Waals surface area contributed by atoms with Crippen molar-refractivity contribution in [1.29, 1.82) is 0 Å². The van der Waals surface area contributed by atoms with Gasteiger partial charge in [0.15, 0.2) is 0 Å². The summed E-state index contributed by atoms with van der Waals surface area (Å²) in [6.07, 6.45) is 0. The first-order valence-electron chi connectivity index (χ1n) is 7.11. The van der Waals surface area contributed by atoms with Crippen LogP contribution in [-0.4, -0.2) is 54.4 Å². The van der Waals surface area contributed by atoms with Crippen LogP contribution in [-0.2, 0) is 22.6 Å². The van der Waals surface area contributed by atoms with E-state index in [9.17, 15) is 0 Å². The van der Waals surface area contributed by atoms with Gasteiger partial charge in [-0.1, -0.05) is 12.1 Å². The first-order valence-corrected chi connectivity index (χ1v) is 7.11. The molecule has 0 radical (unpaired) electrons. The van der Waals surface area contributed by atoms with Gasteiger partial charge in [-0.3, -0.25) is 4.90 Å². The third-order valence-electron chi connectivity index (χ3n) is 3.75. The Balaban J connectivity index is 1.79. The monoisotopic (exact) mass is 275 g/mol. The average Bonchev–Trinajstić information content (AvgIpc) is 2.84. The van der Waals surface area contributed by atoms with Gasteiger partial charge in [-0.15, -0.1) is 0 Å². The van der Waals surface area contributed by atoms with E-state index in [1.54, 1.807) is 7.11 Å². The Bertz CT molecular complexity index is 561. The standard InChI is InChI=1S/C15H21N3O2/c1-19-12-15-16-13-4-2-3-5-14(13)18(15)7-6-17-8-10-20-11-9-17/h2-5H,6-12H2,1H3. The molecule has 0 bridgehead atoms. The van der Waals surface area contributed by atoms with Gasteiger partial charge in [-0.05, 0) is 12.1 Å². The number of imidazole rings is 1. The van der Waals surface area contributed by atoms with Gasteiger partial charge in [0.05, 0.1) is 24.2 Å². The van der Waals surface area contributed by atoms with Crippen LogP contribution in [0.4, 0.5) is 0 Å². The second kappa shape index (κ2) is 6.35. The number of hydrogen-bond donors (Lipinski definition) is 0. The van der Waals surface area contributed by atoms with E-state index in [1.165, 1.54) is 5.52 Å². The summed E-state index contributed by atoms with van der Waals surface area (Å²) < 4.78 is 12.9. The highest BCUT2D eigenvalue weighted by atomic mass is 16.5. The zero-order valence-electron chi connectivity index (χ0n) is 11.9. The molecule has 1 aliphatic heterocycles. The summed E-state index contributed by atoms with van der Waals surface area (Å²) in [7, 11) is 1.71. The third kappa shape index (κ3) is 2.85. The highest BCUT2D eigenvalue weighted by molar-refractivity contribution is 5.75. The average molecular weight is 275 g/mol. The van der Waals surface area contributed by atoms with Gasteiger partial charge in [0, 0.05) is 33.3 Å². The lowest BCUT2D eigenvalue weighted by Gasteiger charge is -2.26. The second-order valence-corrected chi connectivity index (χ2v) is 5.06. The second-order valence-electron chi connectivity index (χ2n) is 5.06. The highest BCUT2D eigenvalue weighted by Gasteiger charge is 2.13. The molecule has 2 aromatic rings. The fraction of sp³-hybridized carbons (Fsp3) is 0.533. The highest BCUT2D eigenvalue weighted by Crippen LogP contribution is 2.16. The Morgan fingerprint density at radius 2 is 2.00 bits per heavy atom. The van der Waals surface area contributed by atoms with E-state index in [-0.39, 0.29) is 0 Å². The zero-order valence-corrected chi connectivity index (χ0v) is 11.9. The summed E-state index contributed by atoms with van der Waals surface area (Å²) in [5.74, 6) is 1.00. The number of methoxy groups -OCH3 is 1. The summed E-state index contributed by atoms with van der Waals surface area (Å²) in [6, 6.07) is 8.27. The molecular weight excluding hydrogens is 254 g/mol. The lowest BCUT2D eigenvalue weighted by molar-refractivity contribution is 0.0362. The molecule has 5 nitrogen and oxygen atoms in total. The van der Waals surface area contributed by atoms with Crippen molar-refractivity contribution >= 4 is 11.0 Å². The molecule has 0 unspecified atom stereocenters. The maximum absolute atomic E-state index is 5.39. The summed E-state index contributed by atoms with van der Waals surface area (Å²) in [6.45, 7) is 6.25. The van der Waals surface area contributed by atoms with Crippen LogP contribution in [0, 0.1) is 0 Å². The minimum atomic E-state index is 0.553. The van der Waals surface area contributed by atoms with Crippen molar-refractivity contribution in [2.24, 2.45) is 0 Å². The molecule has 0 amide bonds. The van der Waals surface area contributed by atoms with Gasteiger partial charge in [-0.2, -0.15) is 0 Å². The Morgan fingerprint density at radius 3 is 2.80 bits per heavy atom. The van der Waals surface area contributed by atoms with Crippen molar-refractivity contribution in [3.8, 4) is 0 Å². The molecule has 108 valence electrons. The molecule has 20 heavy (non-hydrogen) atoms. The number of hydrogen-bond acceptors (Lipinski definition) is 4. The van der Waals surface area contributed by atoms with Crippen LogP contribution in [0.1, 0.15) is 5.82 Å². The Kier molecular flexibility index (Phi) is 4.30.